The van der Waals surface area contributed by atoms with Crippen molar-refractivity contribution in [2.45, 2.75) is 82.3 Å². The second-order valence-corrected chi connectivity index (χ2v) is 8.09. The summed E-state index contributed by atoms with van der Waals surface area (Å²) >= 11 is 0. The lowest BCUT2D eigenvalue weighted by Crippen LogP contribution is -2.55. The minimum Gasteiger partial charge on any atom is -0.393 e. The molecule has 5 nitrogen and oxygen atoms in total. The Hall–Kier alpha value is -1.24. The highest BCUT2D eigenvalue weighted by molar-refractivity contribution is 5.13. The summed E-state index contributed by atoms with van der Waals surface area (Å²) in [6.45, 7) is 7.19. The van der Waals surface area contributed by atoms with Gasteiger partial charge in [0, 0.05) is 32.8 Å². The lowest BCUT2D eigenvalue weighted by Gasteiger charge is -2.49. The molecule has 1 spiro atoms. The summed E-state index contributed by atoms with van der Waals surface area (Å²) in [6, 6.07) is 10.1. The number of rotatable bonds is 8. The van der Waals surface area contributed by atoms with E-state index in [4.69, 9.17) is 18.9 Å². The first-order chi connectivity index (χ1) is 13.5. The molecule has 1 aromatic carbocycles. The lowest BCUT2D eigenvalue weighted by atomic mass is 9.88. The van der Waals surface area contributed by atoms with Crippen LogP contribution in [0.2, 0.25) is 0 Å². The molecule has 0 aliphatic carbocycles. The molecule has 156 valence electrons. The average molecular weight is 391 g/mol. The fourth-order valence-corrected chi connectivity index (χ4v) is 4.23. The Morgan fingerprint density at radius 3 is 2.64 bits per heavy atom. The number of aliphatic hydroxyl groups is 1. The Balaban J connectivity index is 1.61. The number of methoxy groups -OCH3 is 1. The van der Waals surface area contributed by atoms with Gasteiger partial charge in [-0.15, -0.1) is 0 Å². The third-order valence-corrected chi connectivity index (χ3v) is 5.67. The normalized spacial score (nSPS) is 33.1. The zero-order chi connectivity index (χ0) is 20.0. The van der Waals surface area contributed by atoms with Gasteiger partial charge in [-0.05, 0) is 18.4 Å². The molecule has 2 saturated heterocycles. The number of hydrogen-bond acceptors (Lipinski definition) is 5. The van der Waals surface area contributed by atoms with Crippen LogP contribution in [0.15, 0.2) is 42.5 Å². The van der Waals surface area contributed by atoms with E-state index in [1.165, 1.54) is 0 Å². The van der Waals surface area contributed by atoms with Gasteiger partial charge in [0.2, 0.25) is 0 Å². The smallest absolute Gasteiger partial charge is 0.174 e. The van der Waals surface area contributed by atoms with Crippen molar-refractivity contribution in [1.29, 1.82) is 0 Å². The van der Waals surface area contributed by atoms with Crippen LogP contribution in [0.25, 0.3) is 0 Å². The molecule has 1 aromatic rings. The van der Waals surface area contributed by atoms with Crippen LogP contribution in [0.3, 0.4) is 0 Å². The zero-order valence-corrected chi connectivity index (χ0v) is 17.1. The van der Waals surface area contributed by atoms with Gasteiger partial charge in [-0.2, -0.15) is 0 Å². The number of hydrogen-bond donors (Lipinski definition) is 1. The van der Waals surface area contributed by atoms with E-state index in [0.29, 0.717) is 32.5 Å². The highest BCUT2D eigenvalue weighted by Crippen LogP contribution is 2.41. The predicted octanol–water partition coefficient (Wildman–Crippen LogP) is 3.99. The molecule has 2 heterocycles. The molecular formula is C23H34O5. The van der Waals surface area contributed by atoms with Gasteiger partial charge < -0.3 is 24.1 Å². The first kappa shape index (κ1) is 21.5. The van der Waals surface area contributed by atoms with Crippen molar-refractivity contribution >= 4 is 0 Å². The summed E-state index contributed by atoms with van der Waals surface area (Å²) in [5, 5.41) is 10.5. The first-order valence-corrected chi connectivity index (χ1v) is 10.4. The molecule has 0 saturated carbocycles. The van der Waals surface area contributed by atoms with Crippen LogP contribution in [0.4, 0.5) is 0 Å². The average Bonchev–Trinajstić information content (AvgIpc) is 2.67. The van der Waals surface area contributed by atoms with Gasteiger partial charge in [-0.3, -0.25) is 0 Å². The molecule has 5 heteroatoms. The van der Waals surface area contributed by atoms with E-state index in [1.54, 1.807) is 7.11 Å². The van der Waals surface area contributed by atoms with Crippen molar-refractivity contribution < 1.29 is 24.1 Å². The summed E-state index contributed by atoms with van der Waals surface area (Å²) in [6.07, 6.45) is 3.61. The third-order valence-electron chi connectivity index (χ3n) is 5.67. The quantitative estimate of drug-likeness (QED) is 0.680. The Labute approximate surface area is 168 Å². The van der Waals surface area contributed by atoms with Crippen molar-refractivity contribution in [3.63, 3.8) is 0 Å². The largest absolute Gasteiger partial charge is 0.393 e. The molecule has 0 aromatic heterocycles. The van der Waals surface area contributed by atoms with Gasteiger partial charge in [-0.1, -0.05) is 49.4 Å². The molecule has 2 aliphatic rings. The van der Waals surface area contributed by atoms with Gasteiger partial charge in [-0.25, -0.2) is 0 Å². The molecule has 1 N–H and O–H groups in total. The maximum absolute atomic E-state index is 10.5. The Morgan fingerprint density at radius 2 is 1.93 bits per heavy atom. The monoisotopic (exact) mass is 390 g/mol. The van der Waals surface area contributed by atoms with Crippen LogP contribution in [-0.2, 0) is 25.6 Å². The first-order valence-electron chi connectivity index (χ1n) is 10.4. The lowest BCUT2D eigenvalue weighted by molar-refractivity contribution is -0.343. The Morgan fingerprint density at radius 1 is 1.18 bits per heavy atom. The minimum absolute atomic E-state index is 0.00216. The van der Waals surface area contributed by atoms with Crippen molar-refractivity contribution in [3.05, 3.63) is 48.0 Å². The second-order valence-electron chi connectivity index (χ2n) is 8.09. The van der Waals surface area contributed by atoms with Gasteiger partial charge in [0.05, 0.1) is 37.6 Å². The molecule has 2 fully saturated rings. The molecule has 3 rings (SSSR count). The molecule has 0 unspecified atom stereocenters. The van der Waals surface area contributed by atoms with E-state index in [-0.39, 0.29) is 18.3 Å². The zero-order valence-electron chi connectivity index (χ0n) is 17.1. The maximum atomic E-state index is 10.5. The van der Waals surface area contributed by atoms with Gasteiger partial charge >= 0.3 is 0 Å². The van der Waals surface area contributed by atoms with Crippen molar-refractivity contribution in [1.82, 2.24) is 0 Å². The van der Waals surface area contributed by atoms with E-state index in [1.807, 2.05) is 30.3 Å². The number of aliphatic hydroxyl groups excluding tert-OH is 1. The van der Waals surface area contributed by atoms with E-state index >= 15 is 0 Å². The minimum atomic E-state index is -0.809. The van der Waals surface area contributed by atoms with Crippen LogP contribution in [0, 0.1) is 0 Å². The molecule has 0 bridgehead atoms. The fraction of sp³-hybridized carbons (Fsp3) is 0.652. The summed E-state index contributed by atoms with van der Waals surface area (Å²) in [5.41, 5.74) is 2.29. The summed E-state index contributed by atoms with van der Waals surface area (Å²) in [5.74, 6) is -0.809. The summed E-state index contributed by atoms with van der Waals surface area (Å²) in [7, 11) is 1.73. The number of ether oxygens (including phenoxy) is 4. The molecular weight excluding hydrogens is 356 g/mol. The Bertz CT molecular complexity index is 619. The molecule has 28 heavy (non-hydrogen) atoms. The SMILES string of the molecule is C=C(CC)C[C@@H]1C[C@H](OC)C[C@@]2(C[C@@H](O)C[C@H](COCc3ccccc3)O2)O1. The van der Waals surface area contributed by atoms with Crippen LogP contribution >= 0.6 is 0 Å². The highest BCUT2D eigenvalue weighted by Gasteiger charge is 2.48. The van der Waals surface area contributed by atoms with Crippen LogP contribution in [0.5, 0.6) is 0 Å². The molecule has 0 amide bonds. The van der Waals surface area contributed by atoms with Crippen LogP contribution in [-0.4, -0.2) is 49.0 Å². The van der Waals surface area contributed by atoms with E-state index in [9.17, 15) is 5.11 Å². The molecule has 2 aliphatic heterocycles. The van der Waals surface area contributed by atoms with Crippen molar-refractivity contribution in [2.75, 3.05) is 13.7 Å². The van der Waals surface area contributed by atoms with Crippen molar-refractivity contribution in [2.24, 2.45) is 0 Å². The van der Waals surface area contributed by atoms with E-state index in [2.05, 4.69) is 13.5 Å². The fourth-order valence-electron chi connectivity index (χ4n) is 4.23. The van der Waals surface area contributed by atoms with Crippen LogP contribution in [0.1, 0.15) is 51.0 Å². The standard InChI is InChI=1S/C23H34O5/c1-4-17(2)10-20-12-21(25-3)14-23(27-20)13-19(24)11-22(28-23)16-26-15-18-8-6-5-7-9-18/h5-9,19-22,24H,2,4,10-16H2,1,3H3/t19-,20+,21-,22+,23-/m0/s1. The second kappa shape index (κ2) is 9.99. The highest BCUT2D eigenvalue weighted by atomic mass is 16.7. The molecule has 5 atom stereocenters. The predicted molar refractivity (Wildman–Crippen MR) is 108 cm³/mol. The van der Waals surface area contributed by atoms with Gasteiger partial charge in [0.25, 0.3) is 0 Å². The summed E-state index contributed by atoms with van der Waals surface area (Å²) < 4.78 is 24.3. The van der Waals surface area contributed by atoms with Crippen LogP contribution < -0.4 is 0 Å². The van der Waals surface area contributed by atoms with Crippen molar-refractivity contribution in [3.8, 4) is 0 Å². The molecule has 0 radical (unpaired) electrons. The summed E-state index contributed by atoms with van der Waals surface area (Å²) in [4.78, 5) is 0. The third kappa shape index (κ3) is 5.88. The van der Waals surface area contributed by atoms with Gasteiger partial charge in [0.15, 0.2) is 5.79 Å². The van der Waals surface area contributed by atoms with Gasteiger partial charge in [0.1, 0.15) is 0 Å². The topological polar surface area (TPSA) is 57.2 Å². The Kier molecular flexibility index (Phi) is 7.66. The number of benzene rings is 1. The van der Waals surface area contributed by atoms with E-state index < -0.39 is 11.9 Å². The maximum Gasteiger partial charge on any atom is 0.174 e. The van der Waals surface area contributed by atoms with E-state index in [0.717, 1.165) is 30.4 Å².